The van der Waals surface area contributed by atoms with Gasteiger partial charge in [-0.2, -0.15) is 0 Å². The first-order chi connectivity index (χ1) is 26.2. The van der Waals surface area contributed by atoms with Gasteiger partial charge in [0.05, 0.1) is 27.8 Å². The molecule has 0 radical (unpaired) electrons. The smallest absolute Gasteiger partial charge is 0.220 e. The molecule has 7 nitrogen and oxygen atoms in total. The molecule has 4 heterocycles. The highest BCUT2D eigenvalue weighted by atomic mass is 16.3. The zero-order valence-corrected chi connectivity index (χ0v) is 28.3. The lowest BCUT2D eigenvalue weighted by Gasteiger charge is -2.10. The number of fused-ring (bicyclic) bond motifs is 8. The van der Waals surface area contributed by atoms with Crippen molar-refractivity contribution in [1.82, 2.24) is 28.9 Å². The topological polar surface area (TPSA) is 74.0 Å². The van der Waals surface area contributed by atoms with Crippen molar-refractivity contribution in [3.8, 4) is 51.0 Å². The molecule has 7 aromatic carbocycles. The van der Waals surface area contributed by atoms with Crippen molar-refractivity contribution in [3.63, 3.8) is 0 Å². The fourth-order valence-corrected chi connectivity index (χ4v) is 7.46. The molecule has 0 N–H and O–H groups in total. The van der Waals surface area contributed by atoms with Crippen LogP contribution >= 0.6 is 0 Å². The highest BCUT2D eigenvalue weighted by Gasteiger charge is 2.19. The van der Waals surface area contributed by atoms with Crippen LogP contribution in [0.3, 0.4) is 0 Å². The van der Waals surface area contributed by atoms with Gasteiger partial charge in [0.25, 0.3) is 0 Å². The molecule has 0 aliphatic carbocycles. The monoisotopic (exact) mass is 680 g/mol. The molecular weight excluding hydrogens is 653 g/mol. The molecule has 0 aliphatic rings. The van der Waals surface area contributed by atoms with E-state index in [1.807, 2.05) is 66.7 Å². The van der Waals surface area contributed by atoms with E-state index in [0.29, 0.717) is 17.5 Å². The average molecular weight is 681 g/mol. The Labute approximate surface area is 303 Å². The molecule has 4 aromatic heterocycles. The maximum Gasteiger partial charge on any atom is 0.220 e. The van der Waals surface area contributed by atoms with E-state index in [1.54, 1.807) is 0 Å². The predicted molar refractivity (Wildman–Crippen MR) is 212 cm³/mol. The van der Waals surface area contributed by atoms with Crippen molar-refractivity contribution >= 4 is 49.8 Å². The molecule has 0 amide bonds. The van der Waals surface area contributed by atoms with Crippen molar-refractivity contribution in [2.24, 2.45) is 0 Å². The van der Waals surface area contributed by atoms with E-state index >= 15 is 0 Å². The first kappa shape index (κ1) is 29.4. The molecule has 248 valence electrons. The van der Waals surface area contributed by atoms with Gasteiger partial charge in [-0.05, 0) is 71.8 Å². The van der Waals surface area contributed by atoms with E-state index in [-0.39, 0.29) is 0 Å². The van der Waals surface area contributed by atoms with Crippen LogP contribution in [0, 0.1) is 0 Å². The molecule has 7 heteroatoms. The normalized spacial score (nSPS) is 11.8. The van der Waals surface area contributed by atoms with Gasteiger partial charge < -0.3 is 4.42 Å². The minimum Gasteiger partial charge on any atom is -0.456 e. The van der Waals surface area contributed by atoms with Crippen LogP contribution in [0.5, 0.6) is 0 Å². The van der Waals surface area contributed by atoms with Crippen molar-refractivity contribution in [1.29, 1.82) is 0 Å². The summed E-state index contributed by atoms with van der Waals surface area (Å²) in [6.45, 7) is 0. The summed E-state index contributed by atoms with van der Waals surface area (Å²) in [7, 11) is 0. The van der Waals surface area contributed by atoms with E-state index in [1.165, 1.54) is 0 Å². The lowest BCUT2D eigenvalue weighted by molar-refractivity contribution is 0.669. The summed E-state index contributed by atoms with van der Waals surface area (Å²) in [4.78, 5) is 19.9. The molecule has 0 unspecified atom stereocenters. The molecule has 0 saturated carbocycles. The van der Waals surface area contributed by atoms with Gasteiger partial charge in [-0.25, -0.2) is 19.9 Å². The van der Waals surface area contributed by atoms with Gasteiger partial charge >= 0.3 is 0 Å². The molecule has 0 spiro atoms. The summed E-state index contributed by atoms with van der Waals surface area (Å²) in [5.41, 5.74) is 11.9. The molecular formula is C46H28N6O. The number of hydrogen-bond acceptors (Lipinski definition) is 5. The second kappa shape index (κ2) is 11.6. The van der Waals surface area contributed by atoms with Crippen LogP contribution in [-0.2, 0) is 0 Å². The van der Waals surface area contributed by atoms with Crippen molar-refractivity contribution in [3.05, 3.63) is 170 Å². The zero-order chi connectivity index (χ0) is 34.9. The largest absolute Gasteiger partial charge is 0.456 e. The standard InChI is InChI=1S/C46H28N6O/c1-3-12-29(13-4-1)43-48-44(30-14-5-2-6-15-30)50-45(49-43)33-17-11-16-31(26-33)32-22-24-41-35(27-32)36-28-34(23-25-42(36)53-41)51-39-20-9-10-21-40(39)52-38-19-8-7-18-37(38)47-46(51)52/h1-28H. The summed E-state index contributed by atoms with van der Waals surface area (Å²) in [5.74, 6) is 2.77. The Morgan fingerprint density at radius 2 is 0.925 bits per heavy atom. The first-order valence-corrected chi connectivity index (χ1v) is 17.6. The summed E-state index contributed by atoms with van der Waals surface area (Å²) < 4.78 is 10.9. The van der Waals surface area contributed by atoms with Crippen molar-refractivity contribution in [2.75, 3.05) is 0 Å². The third-order valence-corrected chi connectivity index (χ3v) is 9.97. The van der Waals surface area contributed by atoms with Crippen LogP contribution in [0.4, 0.5) is 0 Å². The Bertz CT molecular complexity index is 3120. The minimum atomic E-state index is 0.621. The molecule has 0 fully saturated rings. The third kappa shape index (κ3) is 4.75. The van der Waals surface area contributed by atoms with Crippen LogP contribution in [-0.4, -0.2) is 28.9 Å². The Morgan fingerprint density at radius 1 is 0.377 bits per heavy atom. The number of imidazole rings is 2. The molecule has 0 saturated heterocycles. The first-order valence-electron chi connectivity index (χ1n) is 17.6. The number of hydrogen-bond donors (Lipinski definition) is 0. The SMILES string of the molecule is c1ccc(-c2nc(-c3ccccc3)nc(-c3cccc(-c4ccc5oc6ccc(-n7c8ccccc8n8c9ccccc9nc78)cc6c5c4)c3)n2)cc1. The second-order valence-electron chi connectivity index (χ2n) is 13.2. The Morgan fingerprint density at radius 3 is 1.66 bits per heavy atom. The van der Waals surface area contributed by atoms with Crippen LogP contribution in [0.15, 0.2) is 174 Å². The van der Waals surface area contributed by atoms with E-state index in [4.69, 9.17) is 24.4 Å². The van der Waals surface area contributed by atoms with Gasteiger partial charge in [-0.15, -0.1) is 0 Å². The number of nitrogens with zero attached hydrogens (tertiary/aromatic N) is 6. The van der Waals surface area contributed by atoms with Crippen molar-refractivity contribution in [2.45, 2.75) is 0 Å². The lowest BCUT2D eigenvalue weighted by Crippen LogP contribution is -2.00. The lowest BCUT2D eigenvalue weighted by atomic mass is 10.0. The van der Waals surface area contributed by atoms with E-state index in [9.17, 15) is 0 Å². The number of para-hydroxylation sites is 4. The zero-order valence-electron chi connectivity index (χ0n) is 28.3. The molecule has 0 aliphatic heterocycles. The quantitative estimate of drug-likeness (QED) is 0.181. The Balaban J connectivity index is 1.04. The summed E-state index contributed by atoms with van der Waals surface area (Å²) in [5, 5.41) is 2.09. The molecule has 53 heavy (non-hydrogen) atoms. The van der Waals surface area contributed by atoms with E-state index in [2.05, 4.69) is 112 Å². The number of rotatable bonds is 5. The molecule has 0 bridgehead atoms. The maximum atomic E-state index is 6.39. The van der Waals surface area contributed by atoms with Crippen LogP contribution in [0.2, 0.25) is 0 Å². The average Bonchev–Trinajstić information content (AvgIpc) is 3.89. The number of furan rings is 1. The minimum absolute atomic E-state index is 0.621. The van der Waals surface area contributed by atoms with Crippen LogP contribution in [0.25, 0.3) is 101 Å². The van der Waals surface area contributed by atoms with Gasteiger partial charge in [0, 0.05) is 27.5 Å². The second-order valence-corrected chi connectivity index (χ2v) is 13.2. The number of benzene rings is 7. The summed E-state index contributed by atoms with van der Waals surface area (Å²) in [6.07, 6.45) is 0. The van der Waals surface area contributed by atoms with Crippen molar-refractivity contribution < 1.29 is 4.42 Å². The Kier molecular flexibility index (Phi) is 6.42. The fraction of sp³-hybridized carbons (Fsp3) is 0. The third-order valence-electron chi connectivity index (χ3n) is 9.97. The predicted octanol–water partition coefficient (Wildman–Crippen LogP) is 11.2. The van der Waals surface area contributed by atoms with E-state index < -0.39 is 0 Å². The number of aromatic nitrogens is 6. The van der Waals surface area contributed by atoms with Gasteiger partial charge in [0.2, 0.25) is 5.78 Å². The van der Waals surface area contributed by atoms with Gasteiger partial charge in [0.1, 0.15) is 11.2 Å². The molecule has 11 rings (SSSR count). The highest BCUT2D eigenvalue weighted by Crippen LogP contribution is 2.37. The maximum absolute atomic E-state index is 6.39. The highest BCUT2D eigenvalue weighted by molar-refractivity contribution is 6.07. The fourth-order valence-electron chi connectivity index (χ4n) is 7.46. The van der Waals surface area contributed by atoms with Gasteiger partial charge in [-0.3, -0.25) is 8.97 Å². The van der Waals surface area contributed by atoms with Crippen LogP contribution in [0.1, 0.15) is 0 Å². The summed E-state index contributed by atoms with van der Waals surface area (Å²) >= 11 is 0. The molecule has 0 atom stereocenters. The summed E-state index contributed by atoms with van der Waals surface area (Å²) in [6, 6.07) is 58.0. The molecule has 11 aromatic rings. The van der Waals surface area contributed by atoms with E-state index in [0.717, 1.165) is 83.3 Å². The van der Waals surface area contributed by atoms with Gasteiger partial charge in [-0.1, -0.05) is 109 Å². The van der Waals surface area contributed by atoms with Crippen LogP contribution < -0.4 is 0 Å². The Hall–Kier alpha value is -7.38. The van der Waals surface area contributed by atoms with Gasteiger partial charge in [0.15, 0.2) is 17.5 Å².